The van der Waals surface area contributed by atoms with Crippen LogP contribution in [-0.2, 0) is 0 Å². The maximum absolute atomic E-state index is 5.86. The lowest BCUT2D eigenvalue weighted by atomic mass is 10.1. The van der Waals surface area contributed by atoms with Crippen molar-refractivity contribution in [2.75, 3.05) is 11.9 Å². The zero-order chi connectivity index (χ0) is 12.3. The van der Waals surface area contributed by atoms with E-state index in [-0.39, 0.29) is 6.04 Å². The maximum Gasteiger partial charge on any atom is 0.0510 e. The Morgan fingerprint density at radius 2 is 2.00 bits per heavy atom. The van der Waals surface area contributed by atoms with Gasteiger partial charge in [-0.2, -0.15) is 0 Å². The highest BCUT2D eigenvalue weighted by molar-refractivity contribution is 9.10. The standard InChI is InChI=1S/C13H21BrN2/c1-5-9(2)16(4)13-7-6-11(10(3)15)8-12(13)14/h6-10H,5,15H2,1-4H3. The van der Waals surface area contributed by atoms with Crippen molar-refractivity contribution >= 4 is 21.6 Å². The van der Waals surface area contributed by atoms with Crippen LogP contribution in [0.3, 0.4) is 0 Å². The molecule has 0 aliphatic rings. The molecule has 3 heteroatoms. The van der Waals surface area contributed by atoms with Crippen LogP contribution in [0.4, 0.5) is 5.69 Å². The molecule has 1 rings (SSSR count). The minimum absolute atomic E-state index is 0.0826. The zero-order valence-corrected chi connectivity index (χ0v) is 12.1. The summed E-state index contributed by atoms with van der Waals surface area (Å²) in [6.45, 7) is 6.43. The summed E-state index contributed by atoms with van der Waals surface area (Å²) in [6, 6.07) is 6.97. The van der Waals surface area contributed by atoms with E-state index in [0.717, 1.165) is 16.5 Å². The van der Waals surface area contributed by atoms with E-state index >= 15 is 0 Å². The van der Waals surface area contributed by atoms with Gasteiger partial charge in [0.2, 0.25) is 0 Å². The molecule has 2 nitrogen and oxygen atoms in total. The van der Waals surface area contributed by atoms with Crippen molar-refractivity contribution in [3.05, 3.63) is 28.2 Å². The van der Waals surface area contributed by atoms with Gasteiger partial charge >= 0.3 is 0 Å². The fraction of sp³-hybridized carbons (Fsp3) is 0.538. The summed E-state index contributed by atoms with van der Waals surface area (Å²) in [4.78, 5) is 2.29. The molecule has 0 aromatic heterocycles. The van der Waals surface area contributed by atoms with Crippen LogP contribution in [0.25, 0.3) is 0 Å². The van der Waals surface area contributed by atoms with Crippen LogP contribution in [0.2, 0.25) is 0 Å². The van der Waals surface area contributed by atoms with Crippen LogP contribution in [-0.4, -0.2) is 13.1 Å². The van der Waals surface area contributed by atoms with Crippen molar-refractivity contribution in [2.45, 2.75) is 39.3 Å². The van der Waals surface area contributed by atoms with Gasteiger partial charge in [0.1, 0.15) is 0 Å². The summed E-state index contributed by atoms with van der Waals surface area (Å²) in [5.74, 6) is 0. The van der Waals surface area contributed by atoms with E-state index in [9.17, 15) is 0 Å². The van der Waals surface area contributed by atoms with Gasteiger partial charge in [-0.3, -0.25) is 0 Å². The lowest BCUT2D eigenvalue weighted by molar-refractivity contribution is 0.662. The summed E-state index contributed by atoms with van der Waals surface area (Å²) < 4.78 is 1.12. The average molecular weight is 285 g/mol. The zero-order valence-electron chi connectivity index (χ0n) is 10.5. The minimum Gasteiger partial charge on any atom is -0.371 e. The molecule has 2 atom stereocenters. The van der Waals surface area contributed by atoms with Crippen LogP contribution in [0, 0.1) is 0 Å². The van der Waals surface area contributed by atoms with Gasteiger partial charge in [0, 0.05) is 23.6 Å². The SMILES string of the molecule is CCC(C)N(C)c1ccc(C(C)N)cc1Br. The average Bonchev–Trinajstić information content (AvgIpc) is 2.26. The van der Waals surface area contributed by atoms with E-state index < -0.39 is 0 Å². The van der Waals surface area contributed by atoms with Crippen LogP contribution < -0.4 is 10.6 Å². The lowest BCUT2D eigenvalue weighted by Crippen LogP contribution is -2.28. The monoisotopic (exact) mass is 284 g/mol. The smallest absolute Gasteiger partial charge is 0.0510 e. The molecule has 0 aliphatic heterocycles. The quantitative estimate of drug-likeness (QED) is 0.914. The van der Waals surface area contributed by atoms with Gasteiger partial charge in [-0.1, -0.05) is 13.0 Å². The molecule has 0 fully saturated rings. The first kappa shape index (κ1) is 13.5. The van der Waals surface area contributed by atoms with Gasteiger partial charge in [0.15, 0.2) is 0 Å². The molecule has 0 bridgehead atoms. The third-order valence-corrected chi connectivity index (χ3v) is 3.76. The molecule has 2 N–H and O–H groups in total. The number of nitrogens with two attached hydrogens (primary N) is 1. The van der Waals surface area contributed by atoms with Crippen molar-refractivity contribution in [3.63, 3.8) is 0 Å². The Labute approximate surface area is 107 Å². The molecule has 0 saturated heterocycles. The summed E-state index contributed by atoms with van der Waals surface area (Å²) in [7, 11) is 2.12. The second-order valence-corrected chi connectivity index (χ2v) is 5.22. The Morgan fingerprint density at radius 3 is 2.44 bits per heavy atom. The topological polar surface area (TPSA) is 29.3 Å². The predicted octanol–water partition coefficient (Wildman–Crippen LogP) is 3.70. The van der Waals surface area contributed by atoms with Gasteiger partial charge in [-0.05, 0) is 53.9 Å². The van der Waals surface area contributed by atoms with E-state index in [1.807, 2.05) is 6.92 Å². The minimum atomic E-state index is 0.0826. The lowest BCUT2D eigenvalue weighted by Gasteiger charge is -2.27. The fourth-order valence-electron chi connectivity index (χ4n) is 1.60. The molecular weight excluding hydrogens is 264 g/mol. The highest BCUT2D eigenvalue weighted by Gasteiger charge is 2.12. The van der Waals surface area contributed by atoms with Crippen molar-refractivity contribution in [1.82, 2.24) is 0 Å². The number of hydrogen-bond donors (Lipinski definition) is 1. The normalized spacial score (nSPS) is 14.6. The number of anilines is 1. The Bertz CT molecular complexity index is 350. The third kappa shape index (κ3) is 2.98. The Morgan fingerprint density at radius 1 is 1.38 bits per heavy atom. The molecule has 0 radical (unpaired) electrons. The third-order valence-electron chi connectivity index (χ3n) is 3.13. The first-order valence-corrected chi connectivity index (χ1v) is 6.54. The van der Waals surface area contributed by atoms with E-state index in [1.54, 1.807) is 0 Å². The highest BCUT2D eigenvalue weighted by Crippen LogP contribution is 2.29. The summed E-state index contributed by atoms with van der Waals surface area (Å²) in [5.41, 5.74) is 8.24. The number of hydrogen-bond acceptors (Lipinski definition) is 2. The van der Waals surface area contributed by atoms with Gasteiger partial charge in [0.05, 0.1) is 5.69 Å². The first-order valence-electron chi connectivity index (χ1n) is 5.75. The molecule has 90 valence electrons. The molecule has 2 unspecified atom stereocenters. The summed E-state index contributed by atoms with van der Waals surface area (Å²) in [6.07, 6.45) is 1.14. The molecule has 0 spiro atoms. The summed E-state index contributed by atoms with van der Waals surface area (Å²) in [5, 5.41) is 0. The molecule has 0 saturated carbocycles. The molecule has 0 heterocycles. The second-order valence-electron chi connectivity index (χ2n) is 4.37. The number of halogens is 1. The Hall–Kier alpha value is -0.540. The van der Waals surface area contributed by atoms with E-state index in [0.29, 0.717) is 6.04 Å². The van der Waals surface area contributed by atoms with Crippen molar-refractivity contribution in [1.29, 1.82) is 0 Å². The number of rotatable bonds is 4. The number of benzene rings is 1. The fourth-order valence-corrected chi connectivity index (χ4v) is 2.28. The van der Waals surface area contributed by atoms with E-state index in [4.69, 9.17) is 5.73 Å². The van der Waals surface area contributed by atoms with Crippen LogP contribution >= 0.6 is 15.9 Å². The molecule has 1 aromatic rings. The first-order chi connectivity index (χ1) is 7.47. The largest absolute Gasteiger partial charge is 0.371 e. The van der Waals surface area contributed by atoms with Crippen molar-refractivity contribution < 1.29 is 0 Å². The Kier molecular flexibility index (Phi) is 4.81. The predicted molar refractivity (Wildman–Crippen MR) is 74.9 cm³/mol. The molecule has 16 heavy (non-hydrogen) atoms. The van der Waals surface area contributed by atoms with Crippen molar-refractivity contribution in [2.24, 2.45) is 5.73 Å². The Balaban J connectivity index is 2.99. The molecule has 0 aliphatic carbocycles. The van der Waals surface area contributed by atoms with Gasteiger partial charge < -0.3 is 10.6 Å². The number of nitrogens with zero attached hydrogens (tertiary/aromatic N) is 1. The van der Waals surface area contributed by atoms with Crippen LogP contribution in [0.1, 0.15) is 38.8 Å². The highest BCUT2D eigenvalue weighted by atomic mass is 79.9. The maximum atomic E-state index is 5.86. The van der Waals surface area contributed by atoms with Gasteiger partial charge in [-0.25, -0.2) is 0 Å². The molecular formula is C13H21BrN2. The second kappa shape index (κ2) is 5.69. The van der Waals surface area contributed by atoms with Gasteiger partial charge in [0.25, 0.3) is 0 Å². The van der Waals surface area contributed by atoms with Crippen LogP contribution in [0.15, 0.2) is 22.7 Å². The van der Waals surface area contributed by atoms with Crippen molar-refractivity contribution in [3.8, 4) is 0 Å². The van der Waals surface area contributed by atoms with E-state index in [1.165, 1.54) is 5.69 Å². The molecule has 0 amide bonds. The molecule has 1 aromatic carbocycles. The summed E-state index contributed by atoms with van der Waals surface area (Å²) >= 11 is 3.62. The van der Waals surface area contributed by atoms with E-state index in [2.05, 4.69) is 59.9 Å². The van der Waals surface area contributed by atoms with Crippen LogP contribution in [0.5, 0.6) is 0 Å². The van der Waals surface area contributed by atoms with Gasteiger partial charge in [-0.15, -0.1) is 0 Å².